The third-order valence-electron chi connectivity index (χ3n) is 2.21. The molecule has 0 spiro atoms. The molecule has 0 aromatic carbocycles. The van der Waals surface area contributed by atoms with Crippen LogP contribution in [0, 0.1) is 6.92 Å². The maximum Gasteiger partial charge on any atom is 0.0785 e. The third-order valence-corrected chi connectivity index (χ3v) is 3.41. The Balaban J connectivity index is 1.69. The summed E-state index contributed by atoms with van der Waals surface area (Å²) in [6.45, 7) is 4.79. The molecule has 2 heterocycles. The van der Waals surface area contributed by atoms with E-state index in [0.717, 1.165) is 19.6 Å². The zero-order valence-electron chi connectivity index (χ0n) is 9.11. The summed E-state index contributed by atoms with van der Waals surface area (Å²) in [6, 6.07) is 4.31. The number of halogens is 1. The first-order chi connectivity index (χ1) is 7.74. The van der Waals surface area contributed by atoms with Gasteiger partial charge in [-0.05, 0) is 19.1 Å². The molecule has 86 valence electrons. The van der Waals surface area contributed by atoms with Crippen molar-refractivity contribution in [2.45, 2.75) is 20.0 Å². The molecule has 0 amide bonds. The van der Waals surface area contributed by atoms with E-state index in [0.29, 0.717) is 5.02 Å². The fourth-order valence-corrected chi connectivity index (χ4v) is 2.46. The first-order valence-corrected chi connectivity index (χ1v) is 6.37. The number of nitrogens with zero attached hydrogens (tertiary/aromatic N) is 2. The third kappa shape index (κ3) is 3.33. The van der Waals surface area contributed by atoms with Gasteiger partial charge in [0, 0.05) is 29.0 Å². The highest BCUT2D eigenvalue weighted by Gasteiger charge is 1.97. The van der Waals surface area contributed by atoms with Crippen LogP contribution in [-0.4, -0.2) is 16.3 Å². The van der Waals surface area contributed by atoms with E-state index in [1.54, 1.807) is 6.20 Å². The molecule has 16 heavy (non-hydrogen) atoms. The predicted molar refractivity (Wildman–Crippen MR) is 68.0 cm³/mol. The Morgan fingerprint density at radius 2 is 2.38 bits per heavy atom. The van der Waals surface area contributed by atoms with Crippen LogP contribution in [-0.2, 0) is 13.1 Å². The van der Waals surface area contributed by atoms with Crippen molar-refractivity contribution < 1.29 is 0 Å². The fraction of sp³-hybridized carbons (Fsp3) is 0.364. The fourth-order valence-electron chi connectivity index (χ4n) is 1.45. The Morgan fingerprint density at radius 3 is 3.00 bits per heavy atom. The van der Waals surface area contributed by atoms with Crippen LogP contribution in [0.25, 0.3) is 0 Å². The van der Waals surface area contributed by atoms with E-state index in [1.807, 2.05) is 22.2 Å². The highest BCUT2D eigenvalue weighted by Crippen LogP contribution is 2.14. The molecule has 0 saturated heterocycles. The molecule has 0 aliphatic carbocycles. The van der Waals surface area contributed by atoms with Crippen molar-refractivity contribution in [2.24, 2.45) is 0 Å². The minimum Gasteiger partial charge on any atom is -0.310 e. The van der Waals surface area contributed by atoms with Gasteiger partial charge in [0.1, 0.15) is 0 Å². The van der Waals surface area contributed by atoms with Gasteiger partial charge in [0.25, 0.3) is 0 Å². The van der Waals surface area contributed by atoms with Gasteiger partial charge in [0.15, 0.2) is 0 Å². The van der Waals surface area contributed by atoms with Crippen LogP contribution in [0.2, 0.25) is 5.02 Å². The summed E-state index contributed by atoms with van der Waals surface area (Å²) in [4.78, 5) is 2.73. The first kappa shape index (κ1) is 11.6. The van der Waals surface area contributed by atoms with Gasteiger partial charge in [-0.2, -0.15) is 5.10 Å². The van der Waals surface area contributed by atoms with E-state index in [-0.39, 0.29) is 0 Å². The average molecular weight is 256 g/mol. The Kier molecular flexibility index (Phi) is 3.98. The summed E-state index contributed by atoms with van der Waals surface area (Å²) in [6.07, 6.45) is 3.49. The molecule has 1 N–H and O–H groups in total. The minimum absolute atomic E-state index is 0.689. The lowest BCUT2D eigenvalue weighted by Crippen LogP contribution is -2.19. The monoisotopic (exact) mass is 255 g/mol. The maximum atomic E-state index is 5.77. The van der Waals surface area contributed by atoms with Gasteiger partial charge in [0.2, 0.25) is 0 Å². The smallest absolute Gasteiger partial charge is 0.0785 e. The summed E-state index contributed by atoms with van der Waals surface area (Å²) in [5, 5.41) is 8.18. The van der Waals surface area contributed by atoms with Gasteiger partial charge in [-0.25, -0.2) is 0 Å². The Morgan fingerprint density at radius 1 is 1.50 bits per heavy atom. The number of hydrogen-bond donors (Lipinski definition) is 1. The van der Waals surface area contributed by atoms with Gasteiger partial charge in [-0.1, -0.05) is 11.6 Å². The molecule has 0 radical (unpaired) electrons. The van der Waals surface area contributed by atoms with E-state index >= 15 is 0 Å². The summed E-state index contributed by atoms with van der Waals surface area (Å²) >= 11 is 7.60. The Bertz CT molecular complexity index is 407. The van der Waals surface area contributed by atoms with Crippen molar-refractivity contribution in [3.05, 3.63) is 39.3 Å². The number of aryl methyl sites for hydroxylation is 1. The number of aromatic nitrogens is 2. The molecule has 0 aliphatic heterocycles. The normalized spacial score (nSPS) is 10.9. The lowest BCUT2D eigenvalue weighted by molar-refractivity contribution is 0.557. The van der Waals surface area contributed by atoms with Crippen LogP contribution in [0.3, 0.4) is 0 Å². The lowest BCUT2D eigenvalue weighted by atomic mass is 10.4. The highest BCUT2D eigenvalue weighted by molar-refractivity contribution is 7.11. The molecule has 0 unspecified atom stereocenters. The molecule has 0 aliphatic rings. The minimum atomic E-state index is 0.689. The Hall–Kier alpha value is -0.840. The van der Waals surface area contributed by atoms with Gasteiger partial charge in [0.05, 0.1) is 17.8 Å². The highest BCUT2D eigenvalue weighted by atomic mass is 35.5. The molecule has 0 atom stereocenters. The van der Waals surface area contributed by atoms with E-state index in [1.165, 1.54) is 9.75 Å². The van der Waals surface area contributed by atoms with E-state index < -0.39 is 0 Å². The molecule has 2 aromatic rings. The van der Waals surface area contributed by atoms with Gasteiger partial charge >= 0.3 is 0 Å². The van der Waals surface area contributed by atoms with Gasteiger partial charge < -0.3 is 5.32 Å². The topological polar surface area (TPSA) is 29.9 Å². The lowest BCUT2D eigenvalue weighted by Gasteiger charge is -2.03. The number of hydrogen-bond acceptors (Lipinski definition) is 3. The van der Waals surface area contributed by atoms with Crippen molar-refractivity contribution in [1.29, 1.82) is 0 Å². The summed E-state index contributed by atoms with van der Waals surface area (Å²) in [7, 11) is 0. The molecule has 3 nitrogen and oxygen atoms in total. The van der Waals surface area contributed by atoms with Crippen molar-refractivity contribution in [2.75, 3.05) is 6.54 Å². The first-order valence-electron chi connectivity index (χ1n) is 5.18. The average Bonchev–Trinajstić information content (AvgIpc) is 2.83. The summed E-state index contributed by atoms with van der Waals surface area (Å²) in [5.41, 5.74) is 0. The van der Waals surface area contributed by atoms with Crippen molar-refractivity contribution in [3.8, 4) is 0 Å². The van der Waals surface area contributed by atoms with E-state index in [2.05, 4.69) is 29.5 Å². The number of thiophene rings is 1. The van der Waals surface area contributed by atoms with Gasteiger partial charge in [-0.15, -0.1) is 11.3 Å². The second kappa shape index (κ2) is 5.48. The molecule has 2 aromatic heterocycles. The Labute approximate surface area is 104 Å². The SMILES string of the molecule is Cc1ccc(CNCCn2cc(Cl)cn2)s1. The molecular formula is C11H14ClN3S. The predicted octanol–water partition coefficient (Wildman–Crippen LogP) is 2.70. The van der Waals surface area contributed by atoms with Crippen LogP contribution in [0.4, 0.5) is 0 Å². The summed E-state index contributed by atoms with van der Waals surface area (Å²) < 4.78 is 1.84. The largest absolute Gasteiger partial charge is 0.310 e. The molecular weight excluding hydrogens is 242 g/mol. The van der Waals surface area contributed by atoms with Crippen LogP contribution >= 0.6 is 22.9 Å². The van der Waals surface area contributed by atoms with Crippen LogP contribution < -0.4 is 5.32 Å². The van der Waals surface area contributed by atoms with Crippen LogP contribution in [0.1, 0.15) is 9.75 Å². The molecule has 0 saturated carbocycles. The van der Waals surface area contributed by atoms with Crippen LogP contribution in [0.15, 0.2) is 24.5 Å². The second-order valence-electron chi connectivity index (χ2n) is 3.61. The quantitative estimate of drug-likeness (QED) is 0.833. The van der Waals surface area contributed by atoms with Gasteiger partial charge in [-0.3, -0.25) is 4.68 Å². The van der Waals surface area contributed by atoms with Crippen molar-refractivity contribution in [1.82, 2.24) is 15.1 Å². The molecule has 5 heteroatoms. The van der Waals surface area contributed by atoms with E-state index in [9.17, 15) is 0 Å². The molecule has 0 bridgehead atoms. The van der Waals surface area contributed by atoms with Crippen LogP contribution in [0.5, 0.6) is 0 Å². The zero-order chi connectivity index (χ0) is 11.4. The van der Waals surface area contributed by atoms with E-state index in [4.69, 9.17) is 11.6 Å². The maximum absolute atomic E-state index is 5.77. The summed E-state index contributed by atoms with van der Waals surface area (Å²) in [5.74, 6) is 0. The standard InChI is InChI=1S/C11H14ClN3S/c1-9-2-3-11(16-9)7-13-4-5-15-8-10(12)6-14-15/h2-3,6,8,13H,4-5,7H2,1H3. The number of nitrogens with one attached hydrogen (secondary N) is 1. The van der Waals surface area contributed by atoms with Crippen molar-refractivity contribution >= 4 is 22.9 Å². The molecule has 2 rings (SSSR count). The number of rotatable bonds is 5. The second-order valence-corrected chi connectivity index (χ2v) is 5.42. The van der Waals surface area contributed by atoms with Crippen molar-refractivity contribution in [3.63, 3.8) is 0 Å². The zero-order valence-corrected chi connectivity index (χ0v) is 10.7. The molecule has 0 fully saturated rings.